The molecule has 1 radical (unpaired) electrons. The summed E-state index contributed by atoms with van der Waals surface area (Å²) >= 11 is 0. The van der Waals surface area contributed by atoms with E-state index in [9.17, 15) is 0 Å². The number of hydrogen-bond acceptors (Lipinski definition) is 0. The third kappa shape index (κ3) is 0.592. The second-order valence-electron chi connectivity index (χ2n) is 0.872. The van der Waals surface area contributed by atoms with E-state index in [1.165, 1.54) is 14.4 Å². The van der Waals surface area contributed by atoms with Crippen molar-refractivity contribution in [1.29, 1.82) is 0 Å². The van der Waals surface area contributed by atoms with Gasteiger partial charge in [0.2, 0.25) is 0 Å². The molecule has 0 fully saturated rings. The van der Waals surface area contributed by atoms with E-state index in [0.717, 1.165) is 0 Å². The molecule has 1 heterocycles. The van der Waals surface area contributed by atoms with Crippen molar-refractivity contribution in [2.75, 3.05) is 6.16 Å². The molecule has 1 aliphatic heterocycles. The summed E-state index contributed by atoms with van der Waals surface area (Å²) in [6.45, 7) is 0. The Morgan fingerprint density at radius 1 is 1.80 bits per heavy atom. The minimum Gasteiger partial charge on any atom is -0.0914 e. The highest BCUT2D eigenvalue weighted by Crippen LogP contribution is 1.99. The largest absolute Gasteiger partial charge is 0.0914 e. The maximum Gasteiger partial charge on any atom is 0.00916 e. The predicted octanol–water partition coefficient (Wildman–Crippen LogP) is 1.18. The van der Waals surface area contributed by atoms with Crippen molar-refractivity contribution in [3.05, 3.63) is 12.2 Å². The Kier molecular flexibility index (Phi) is 0.855. The van der Waals surface area contributed by atoms with Gasteiger partial charge < -0.3 is 0 Å². The van der Waals surface area contributed by atoms with Gasteiger partial charge in [-0.2, -0.15) is 0 Å². The fourth-order valence-electron chi connectivity index (χ4n) is 0.264. The van der Waals surface area contributed by atoms with Crippen LogP contribution in [0.25, 0.3) is 0 Å². The summed E-state index contributed by atoms with van der Waals surface area (Å²) < 4.78 is 0. The SMILES string of the molecule is [C]1=PCC=C1. The monoisotopic (exact) mass is 83.0 g/mol. The molecule has 0 aromatic heterocycles. The second kappa shape index (κ2) is 1.37. The van der Waals surface area contributed by atoms with Crippen molar-refractivity contribution in [2.24, 2.45) is 0 Å². The summed E-state index contributed by atoms with van der Waals surface area (Å²) in [7, 11) is 1.33. The summed E-state index contributed by atoms with van der Waals surface area (Å²) in [5, 5.41) is 0. The van der Waals surface area contributed by atoms with Crippen LogP contribution in [0.4, 0.5) is 0 Å². The average Bonchev–Trinajstić information content (AvgIpc) is 1.76. The Balaban J connectivity index is 2.61. The first kappa shape index (κ1) is 3.11. The van der Waals surface area contributed by atoms with Crippen LogP contribution in [0.15, 0.2) is 12.2 Å². The van der Waals surface area contributed by atoms with Crippen LogP contribution in [-0.2, 0) is 0 Å². The van der Waals surface area contributed by atoms with E-state index < -0.39 is 0 Å². The Morgan fingerprint density at radius 3 is 3.00 bits per heavy atom. The van der Waals surface area contributed by atoms with Gasteiger partial charge in [-0.15, -0.1) is 0 Å². The standard InChI is InChI=1S/C4H4P/c1-2-4-5-3-1/h1-2H,3H2. The summed E-state index contributed by atoms with van der Waals surface area (Å²) in [6.07, 6.45) is 5.27. The first-order chi connectivity index (χ1) is 2.50. The number of rotatable bonds is 0. The van der Waals surface area contributed by atoms with Gasteiger partial charge in [0, 0.05) is 12.0 Å². The van der Waals surface area contributed by atoms with Gasteiger partial charge in [-0.05, 0) is 0 Å². The van der Waals surface area contributed by atoms with Gasteiger partial charge in [-0.25, -0.2) is 0 Å². The molecule has 0 saturated heterocycles. The van der Waals surface area contributed by atoms with Crippen molar-refractivity contribution >= 4 is 14.0 Å². The number of hydrogen-bond donors (Lipinski definition) is 0. The molecule has 0 amide bonds. The Morgan fingerprint density at radius 2 is 2.80 bits per heavy atom. The number of allylic oxidation sites excluding steroid dienone is 2. The van der Waals surface area contributed by atoms with Crippen molar-refractivity contribution < 1.29 is 0 Å². The van der Waals surface area contributed by atoms with E-state index in [4.69, 9.17) is 0 Å². The van der Waals surface area contributed by atoms with E-state index in [1.54, 1.807) is 0 Å². The van der Waals surface area contributed by atoms with Crippen molar-refractivity contribution in [3.63, 3.8) is 0 Å². The Labute approximate surface area is 33.3 Å². The van der Waals surface area contributed by atoms with Crippen LogP contribution in [0.1, 0.15) is 0 Å². The topological polar surface area (TPSA) is 0 Å². The molecule has 1 aliphatic rings. The Bertz CT molecular complexity index is 61.7. The molecule has 0 N–H and O–H groups in total. The fraction of sp³-hybridized carbons (Fsp3) is 0.250. The lowest BCUT2D eigenvalue weighted by Crippen LogP contribution is -1.43. The van der Waals surface area contributed by atoms with Crippen molar-refractivity contribution in [2.45, 2.75) is 0 Å². The minimum atomic E-state index is 1.18. The lowest BCUT2D eigenvalue weighted by molar-refractivity contribution is 1.83. The molecule has 5 heavy (non-hydrogen) atoms. The van der Waals surface area contributed by atoms with Crippen LogP contribution in [-0.4, -0.2) is 12.0 Å². The molecule has 0 saturated carbocycles. The van der Waals surface area contributed by atoms with Gasteiger partial charge >= 0.3 is 0 Å². The first-order valence-corrected chi connectivity index (χ1v) is 2.65. The Hall–Kier alpha value is -0.0900. The summed E-state index contributed by atoms with van der Waals surface area (Å²) in [4.78, 5) is 0. The molecule has 0 unspecified atom stereocenters. The van der Waals surface area contributed by atoms with Crippen LogP contribution in [0, 0.1) is 0 Å². The smallest absolute Gasteiger partial charge is 0.00916 e. The normalized spacial score (nSPS) is 20.8. The molecule has 1 heteroatoms. The molecule has 0 bridgehead atoms. The maximum absolute atomic E-state index is 3.01. The van der Waals surface area contributed by atoms with Gasteiger partial charge in [0.25, 0.3) is 0 Å². The van der Waals surface area contributed by atoms with Gasteiger partial charge in [0.15, 0.2) is 0 Å². The van der Waals surface area contributed by atoms with Gasteiger partial charge in [0.05, 0.1) is 0 Å². The highest BCUT2D eigenvalue weighted by Gasteiger charge is 1.74. The lowest BCUT2D eigenvalue weighted by atomic mass is 10.6. The molecular weight excluding hydrogens is 79.0 g/mol. The van der Waals surface area contributed by atoms with Crippen molar-refractivity contribution in [3.8, 4) is 0 Å². The van der Waals surface area contributed by atoms with Gasteiger partial charge in [-0.3, -0.25) is 0 Å². The van der Waals surface area contributed by atoms with Crippen LogP contribution in [0.2, 0.25) is 0 Å². The molecular formula is C4H4P. The zero-order valence-electron chi connectivity index (χ0n) is 2.81. The zero-order chi connectivity index (χ0) is 3.54. The molecule has 0 aromatic rings. The average molecular weight is 83.0 g/mol. The predicted molar refractivity (Wildman–Crippen MR) is 25.9 cm³/mol. The quantitative estimate of drug-likeness (QED) is 0.386. The van der Waals surface area contributed by atoms with Crippen LogP contribution < -0.4 is 0 Å². The van der Waals surface area contributed by atoms with Crippen LogP contribution in [0.5, 0.6) is 0 Å². The van der Waals surface area contributed by atoms with E-state index in [-0.39, 0.29) is 0 Å². The maximum atomic E-state index is 3.01. The van der Waals surface area contributed by atoms with E-state index in [1.807, 2.05) is 6.08 Å². The third-order valence-electron chi connectivity index (χ3n) is 0.480. The van der Waals surface area contributed by atoms with E-state index in [0.29, 0.717) is 0 Å². The van der Waals surface area contributed by atoms with Gasteiger partial charge in [0.1, 0.15) is 0 Å². The lowest BCUT2D eigenvalue weighted by Gasteiger charge is -1.56. The van der Waals surface area contributed by atoms with E-state index in [2.05, 4.69) is 11.9 Å². The third-order valence-corrected chi connectivity index (χ3v) is 1.21. The van der Waals surface area contributed by atoms with Crippen LogP contribution >= 0.6 is 8.20 Å². The van der Waals surface area contributed by atoms with Crippen molar-refractivity contribution in [1.82, 2.24) is 0 Å². The summed E-state index contributed by atoms with van der Waals surface area (Å²) in [5.74, 6) is 3.01. The summed E-state index contributed by atoms with van der Waals surface area (Å²) in [5.41, 5.74) is 0. The van der Waals surface area contributed by atoms with Gasteiger partial charge in [-0.1, -0.05) is 20.4 Å². The summed E-state index contributed by atoms with van der Waals surface area (Å²) in [6, 6.07) is 0. The van der Waals surface area contributed by atoms with Crippen LogP contribution in [0.3, 0.4) is 0 Å². The molecule has 0 aromatic carbocycles. The molecule has 0 nitrogen and oxygen atoms in total. The molecule has 25 valence electrons. The fourth-order valence-corrected chi connectivity index (χ4v) is 0.791. The minimum absolute atomic E-state index is 1.18. The highest BCUT2D eigenvalue weighted by molar-refractivity contribution is 7.39. The first-order valence-electron chi connectivity index (χ1n) is 1.57. The molecule has 0 spiro atoms. The van der Waals surface area contributed by atoms with E-state index >= 15 is 0 Å². The molecule has 0 atom stereocenters. The molecule has 1 rings (SSSR count). The highest BCUT2D eigenvalue weighted by atomic mass is 31.1. The second-order valence-corrected chi connectivity index (χ2v) is 1.81. The zero-order valence-corrected chi connectivity index (χ0v) is 3.70. The molecule has 0 aliphatic carbocycles.